The molecule has 98 valence electrons. The minimum Gasteiger partial charge on any atom is -0.432 e. The van der Waals surface area contributed by atoms with Gasteiger partial charge in [-0.2, -0.15) is 4.98 Å². The smallest absolute Gasteiger partial charge is 0.349 e. The fraction of sp³-hybridized carbons (Fsp3) is 0.100. The molecule has 9 heteroatoms. The molecule has 3 N–H and O–H groups in total. The van der Waals surface area contributed by atoms with E-state index in [0.717, 1.165) is 6.20 Å². The summed E-state index contributed by atoms with van der Waals surface area (Å²) >= 11 is 0. The normalized spacial score (nSPS) is 10.0. The Hall–Kier alpha value is -2.81. The molecule has 0 atom stereocenters. The molecule has 0 aliphatic heterocycles. The second-order valence-electron chi connectivity index (χ2n) is 3.47. The van der Waals surface area contributed by atoms with Crippen LogP contribution in [0.5, 0.6) is 11.6 Å². The van der Waals surface area contributed by atoms with E-state index in [2.05, 4.69) is 20.4 Å². The number of hydrazine groups is 1. The number of nitrogen functional groups attached to an aromatic ring is 1. The summed E-state index contributed by atoms with van der Waals surface area (Å²) in [6.45, 7) is 1.71. The van der Waals surface area contributed by atoms with Crippen molar-refractivity contribution in [3.8, 4) is 11.6 Å². The van der Waals surface area contributed by atoms with Gasteiger partial charge in [0.25, 0.3) is 0 Å². The third-order valence-corrected chi connectivity index (χ3v) is 2.23. The predicted molar refractivity (Wildman–Crippen MR) is 65.5 cm³/mol. The first-order valence-corrected chi connectivity index (χ1v) is 5.19. The summed E-state index contributed by atoms with van der Waals surface area (Å²) in [6, 6.07) is 3.28. The van der Waals surface area contributed by atoms with Gasteiger partial charge >= 0.3 is 11.6 Å². The summed E-state index contributed by atoms with van der Waals surface area (Å²) in [6.07, 6.45) is 2.60. The Bertz CT molecular complexity index is 618. The van der Waals surface area contributed by atoms with Crippen molar-refractivity contribution >= 4 is 11.6 Å². The lowest BCUT2D eigenvalue weighted by Crippen LogP contribution is -2.11. The van der Waals surface area contributed by atoms with E-state index in [1.807, 2.05) is 0 Å². The number of anilines is 1. The molecular weight excluding hydrogens is 252 g/mol. The lowest BCUT2D eigenvalue weighted by molar-refractivity contribution is -0.386. The molecule has 0 bridgehead atoms. The van der Waals surface area contributed by atoms with Gasteiger partial charge in [-0.1, -0.05) is 0 Å². The number of aryl methyl sites for hydroxylation is 1. The van der Waals surface area contributed by atoms with Crippen molar-refractivity contribution < 1.29 is 9.66 Å². The Morgan fingerprint density at radius 2 is 2.26 bits per heavy atom. The molecule has 2 rings (SSSR count). The van der Waals surface area contributed by atoms with E-state index in [4.69, 9.17) is 10.6 Å². The molecular formula is C10H10N6O3. The second kappa shape index (κ2) is 5.23. The average molecular weight is 262 g/mol. The van der Waals surface area contributed by atoms with Crippen LogP contribution in [0.2, 0.25) is 0 Å². The van der Waals surface area contributed by atoms with E-state index >= 15 is 0 Å². The highest BCUT2D eigenvalue weighted by Gasteiger charge is 2.20. The molecule has 19 heavy (non-hydrogen) atoms. The van der Waals surface area contributed by atoms with Gasteiger partial charge in [-0.3, -0.25) is 20.5 Å². The maximum absolute atomic E-state index is 10.9. The van der Waals surface area contributed by atoms with Gasteiger partial charge < -0.3 is 4.74 Å². The summed E-state index contributed by atoms with van der Waals surface area (Å²) in [4.78, 5) is 21.7. The quantitative estimate of drug-likeness (QED) is 0.477. The molecule has 2 heterocycles. The monoisotopic (exact) mass is 262 g/mol. The lowest BCUT2D eigenvalue weighted by Gasteiger charge is -2.07. The van der Waals surface area contributed by atoms with Crippen molar-refractivity contribution in [1.82, 2.24) is 15.0 Å². The van der Waals surface area contributed by atoms with Crippen molar-refractivity contribution in [3.63, 3.8) is 0 Å². The first-order chi connectivity index (χ1) is 9.11. The standard InChI is InChI=1S/C10H10N6O3/c1-6-8(3-2-4-12-6)19-9-7(16(17)18)5-13-10(14-9)15-11/h2-5H,11H2,1H3,(H,13,14,15). The van der Waals surface area contributed by atoms with Crippen LogP contribution in [0.1, 0.15) is 5.69 Å². The summed E-state index contributed by atoms with van der Waals surface area (Å²) in [5.74, 6) is 5.33. The topological polar surface area (TPSA) is 129 Å². The van der Waals surface area contributed by atoms with E-state index < -0.39 is 4.92 Å². The number of nitrogens with one attached hydrogen (secondary N) is 1. The molecule has 0 radical (unpaired) electrons. The first-order valence-electron chi connectivity index (χ1n) is 5.19. The minimum absolute atomic E-state index is 0.0159. The third-order valence-electron chi connectivity index (χ3n) is 2.23. The Kier molecular flexibility index (Phi) is 3.48. The molecule has 2 aromatic rings. The fourth-order valence-corrected chi connectivity index (χ4v) is 1.31. The molecule has 0 aliphatic carbocycles. The van der Waals surface area contributed by atoms with Crippen molar-refractivity contribution in [1.29, 1.82) is 0 Å². The van der Waals surface area contributed by atoms with Crippen molar-refractivity contribution in [2.75, 3.05) is 5.43 Å². The molecule has 0 aromatic carbocycles. The Labute approximate surface area is 107 Å². The van der Waals surface area contributed by atoms with Gasteiger partial charge in [-0.25, -0.2) is 10.8 Å². The fourth-order valence-electron chi connectivity index (χ4n) is 1.31. The Morgan fingerprint density at radius 3 is 2.89 bits per heavy atom. The molecule has 0 spiro atoms. The molecule has 0 saturated heterocycles. The van der Waals surface area contributed by atoms with Gasteiger partial charge in [0.05, 0.1) is 10.6 Å². The van der Waals surface area contributed by atoms with Crippen LogP contribution < -0.4 is 16.0 Å². The van der Waals surface area contributed by atoms with Crippen molar-refractivity contribution in [2.45, 2.75) is 6.92 Å². The van der Waals surface area contributed by atoms with Crippen LogP contribution in [0.25, 0.3) is 0 Å². The van der Waals surface area contributed by atoms with Crippen molar-refractivity contribution in [3.05, 3.63) is 40.3 Å². The van der Waals surface area contributed by atoms with Crippen LogP contribution in [-0.4, -0.2) is 19.9 Å². The van der Waals surface area contributed by atoms with Crippen LogP contribution in [0, 0.1) is 17.0 Å². The van der Waals surface area contributed by atoms with Gasteiger partial charge in [-0.15, -0.1) is 0 Å². The number of rotatable bonds is 4. The number of hydrogen-bond donors (Lipinski definition) is 2. The number of hydrogen-bond acceptors (Lipinski definition) is 8. The zero-order valence-corrected chi connectivity index (χ0v) is 9.90. The van der Waals surface area contributed by atoms with E-state index in [9.17, 15) is 10.1 Å². The molecule has 2 aromatic heterocycles. The number of nitro groups is 1. The molecule has 0 unspecified atom stereocenters. The molecule has 0 saturated carbocycles. The summed E-state index contributed by atoms with van der Waals surface area (Å²) in [7, 11) is 0. The average Bonchev–Trinajstić information content (AvgIpc) is 2.41. The van der Waals surface area contributed by atoms with Gasteiger partial charge in [0.1, 0.15) is 6.20 Å². The highest BCUT2D eigenvalue weighted by atomic mass is 16.6. The minimum atomic E-state index is -0.638. The molecule has 0 fully saturated rings. The number of nitrogens with zero attached hydrogens (tertiary/aromatic N) is 4. The number of nitrogens with two attached hydrogens (primary N) is 1. The zero-order valence-electron chi connectivity index (χ0n) is 9.90. The highest BCUT2D eigenvalue weighted by Crippen LogP contribution is 2.30. The molecule has 9 nitrogen and oxygen atoms in total. The molecule has 0 amide bonds. The Balaban J connectivity index is 2.43. The van der Waals surface area contributed by atoms with Crippen LogP contribution in [0.15, 0.2) is 24.5 Å². The van der Waals surface area contributed by atoms with E-state index in [1.54, 1.807) is 25.3 Å². The van der Waals surface area contributed by atoms with Gasteiger partial charge in [0.2, 0.25) is 5.95 Å². The number of aromatic nitrogens is 3. The maximum atomic E-state index is 10.9. The summed E-state index contributed by atoms with van der Waals surface area (Å²) < 4.78 is 5.39. The maximum Gasteiger partial charge on any atom is 0.349 e. The van der Waals surface area contributed by atoms with E-state index in [-0.39, 0.29) is 17.5 Å². The highest BCUT2D eigenvalue weighted by molar-refractivity contribution is 5.45. The van der Waals surface area contributed by atoms with Crippen LogP contribution in [0.4, 0.5) is 11.6 Å². The predicted octanol–water partition coefficient (Wildman–Crippen LogP) is 1.17. The van der Waals surface area contributed by atoms with E-state index in [0.29, 0.717) is 11.4 Å². The number of pyridine rings is 1. The van der Waals surface area contributed by atoms with E-state index in [1.165, 1.54) is 0 Å². The zero-order chi connectivity index (χ0) is 13.8. The van der Waals surface area contributed by atoms with Crippen LogP contribution in [0.3, 0.4) is 0 Å². The van der Waals surface area contributed by atoms with Crippen molar-refractivity contribution in [2.24, 2.45) is 5.84 Å². The van der Waals surface area contributed by atoms with Crippen LogP contribution >= 0.6 is 0 Å². The van der Waals surface area contributed by atoms with Gasteiger partial charge in [0, 0.05) is 6.20 Å². The van der Waals surface area contributed by atoms with Crippen LogP contribution in [-0.2, 0) is 0 Å². The number of ether oxygens (including phenoxy) is 1. The second-order valence-corrected chi connectivity index (χ2v) is 3.47. The first kappa shape index (κ1) is 12.6. The lowest BCUT2D eigenvalue weighted by atomic mass is 10.3. The Morgan fingerprint density at radius 1 is 1.47 bits per heavy atom. The SMILES string of the molecule is Cc1ncccc1Oc1nc(NN)ncc1[N+](=O)[O-]. The third kappa shape index (κ3) is 2.72. The summed E-state index contributed by atoms with van der Waals surface area (Å²) in [5.41, 5.74) is 2.42. The molecule has 0 aliphatic rings. The summed E-state index contributed by atoms with van der Waals surface area (Å²) in [5, 5.41) is 10.9. The van der Waals surface area contributed by atoms with Gasteiger partial charge in [-0.05, 0) is 19.1 Å². The largest absolute Gasteiger partial charge is 0.432 e. The van der Waals surface area contributed by atoms with Gasteiger partial charge in [0.15, 0.2) is 5.75 Å².